The zero-order chi connectivity index (χ0) is 21.6. The van der Waals surface area contributed by atoms with Crippen LogP contribution in [0.1, 0.15) is 47.6 Å². The molecule has 0 aliphatic heterocycles. The second kappa shape index (κ2) is 9.51. The Morgan fingerprint density at radius 2 is 1.37 bits per heavy atom. The summed E-state index contributed by atoms with van der Waals surface area (Å²) < 4.78 is 0. The van der Waals surface area contributed by atoms with E-state index in [2.05, 4.69) is 17.5 Å². The summed E-state index contributed by atoms with van der Waals surface area (Å²) in [6, 6.07) is 24.4. The van der Waals surface area contributed by atoms with Crippen LogP contribution in [-0.4, -0.2) is 16.7 Å². The van der Waals surface area contributed by atoms with E-state index in [4.69, 9.17) is 0 Å². The van der Waals surface area contributed by atoms with Crippen molar-refractivity contribution in [1.29, 1.82) is 0 Å². The van der Waals surface area contributed by atoms with E-state index in [1.807, 2.05) is 68.4 Å². The van der Waals surface area contributed by atoms with Crippen LogP contribution in [0.15, 0.2) is 84.0 Å². The van der Waals surface area contributed by atoms with Crippen LogP contribution >= 0.6 is 0 Å². The van der Waals surface area contributed by atoms with E-state index in [1.54, 1.807) is 24.3 Å². The highest BCUT2D eigenvalue weighted by Crippen LogP contribution is 2.30. The molecule has 4 heteroatoms. The van der Waals surface area contributed by atoms with Gasteiger partial charge in [-0.2, -0.15) is 5.10 Å². The molecule has 0 aliphatic carbocycles. The van der Waals surface area contributed by atoms with Gasteiger partial charge in [0.25, 0.3) is 5.91 Å². The maximum atomic E-state index is 13.3. The average molecular weight is 401 g/mol. The van der Waals surface area contributed by atoms with Crippen LogP contribution in [-0.2, 0) is 10.4 Å². The Bertz CT molecular complexity index is 962. The molecule has 3 rings (SSSR count). The minimum atomic E-state index is -1.85. The number of amides is 1. The number of hydrogen-bond donors (Lipinski definition) is 2. The van der Waals surface area contributed by atoms with Gasteiger partial charge in [0, 0.05) is 0 Å². The molecule has 4 nitrogen and oxygen atoms in total. The predicted molar refractivity (Wildman–Crippen MR) is 121 cm³/mol. The fourth-order valence-electron chi connectivity index (χ4n) is 3.35. The van der Waals surface area contributed by atoms with Crippen molar-refractivity contribution < 1.29 is 9.90 Å². The van der Waals surface area contributed by atoms with Crippen LogP contribution in [0.3, 0.4) is 0 Å². The Labute approximate surface area is 178 Å². The predicted octanol–water partition coefficient (Wildman–Crippen LogP) is 4.86. The monoisotopic (exact) mass is 400 g/mol. The molecule has 0 saturated heterocycles. The summed E-state index contributed by atoms with van der Waals surface area (Å²) in [5.41, 5.74) is 5.63. The number of nitrogens with one attached hydrogen (secondary N) is 1. The minimum Gasteiger partial charge on any atom is -0.372 e. The molecule has 0 aromatic heterocycles. The van der Waals surface area contributed by atoms with E-state index in [0.29, 0.717) is 11.1 Å². The van der Waals surface area contributed by atoms with Gasteiger partial charge in [-0.25, -0.2) is 5.43 Å². The first-order valence-electron chi connectivity index (χ1n) is 10.2. The van der Waals surface area contributed by atoms with Gasteiger partial charge in [-0.05, 0) is 37.0 Å². The van der Waals surface area contributed by atoms with Crippen LogP contribution in [0, 0.1) is 13.8 Å². The lowest BCUT2D eigenvalue weighted by Gasteiger charge is -2.27. The molecule has 0 atom stereocenters. The van der Waals surface area contributed by atoms with Gasteiger partial charge in [-0.3, -0.25) is 4.79 Å². The average Bonchev–Trinajstić information content (AvgIpc) is 2.77. The van der Waals surface area contributed by atoms with Crippen LogP contribution in [0.25, 0.3) is 0 Å². The molecule has 0 spiro atoms. The third-order valence-electron chi connectivity index (χ3n) is 5.15. The number of carbonyl (C=O) groups excluding carboxylic acids is 1. The van der Waals surface area contributed by atoms with Crippen molar-refractivity contribution in [3.05, 3.63) is 107 Å². The highest BCUT2D eigenvalue weighted by Gasteiger charge is 2.40. The van der Waals surface area contributed by atoms with E-state index in [-0.39, 0.29) is 0 Å². The van der Waals surface area contributed by atoms with Crippen LogP contribution in [0.4, 0.5) is 0 Å². The summed E-state index contributed by atoms with van der Waals surface area (Å²) in [5.74, 6) is -0.584. The topological polar surface area (TPSA) is 61.7 Å². The largest absolute Gasteiger partial charge is 0.372 e. The fraction of sp³-hybridized carbons (Fsp3) is 0.231. The molecule has 3 aromatic rings. The molecule has 0 radical (unpaired) electrons. The Kier molecular flexibility index (Phi) is 6.80. The Balaban J connectivity index is 1.99. The fourth-order valence-corrected chi connectivity index (χ4v) is 3.35. The minimum absolute atomic E-state index is 0.501. The van der Waals surface area contributed by atoms with Gasteiger partial charge in [0.2, 0.25) is 0 Å². The van der Waals surface area contributed by atoms with Crippen LogP contribution in [0.2, 0.25) is 0 Å². The van der Waals surface area contributed by atoms with Gasteiger partial charge < -0.3 is 5.11 Å². The lowest BCUT2D eigenvalue weighted by molar-refractivity contribution is -0.136. The molecule has 0 heterocycles. The number of hydrogen-bond acceptors (Lipinski definition) is 3. The molecule has 0 fully saturated rings. The lowest BCUT2D eigenvalue weighted by Crippen LogP contribution is -2.44. The Hall–Kier alpha value is -3.24. The van der Waals surface area contributed by atoms with Crippen molar-refractivity contribution in [1.82, 2.24) is 5.43 Å². The van der Waals surface area contributed by atoms with E-state index in [0.717, 1.165) is 35.2 Å². The normalized spacial score (nSPS) is 11.9. The quantitative estimate of drug-likeness (QED) is 0.439. The molecule has 0 unspecified atom stereocenters. The first kappa shape index (κ1) is 21.5. The first-order chi connectivity index (χ1) is 14.4. The summed E-state index contributed by atoms with van der Waals surface area (Å²) in [4.78, 5) is 13.3. The SMILES string of the molecule is CCCC(=NNC(=O)C(O)(c1ccc(C)cc1)c1ccc(C)cc1)c1ccccc1. The highest BCUT2D eigenvalue weighted by molar-refractivity contribution is 6.01. The third kappa shape index (κ3) is 4.66. The second-order valence-electron chi connectivity index (χ2n) is 7.56. The molecule has 154 valence electrons. The summed E-state index contributed by atoms with van der Waals surface area (Å²) in [6.45, 7) is 6.00. The molecule has 2 N–H and O–H groups in total. The zero-order valence-corrected chi connectivity index (χ0v) is 17.7. The zero-order valence-electron chi connectivity index (χ0n) is 17.7. The molecular formula is C26H28N2O2. The van der Waals surface area contributed by atoms with Crippen molar-refractivity contribution in [2.45, 2.75) is 39.2 Å². The number of aliphatic hydroxyl groups is 1. The van der Waals surface area contributed by atoms with Crippen molar-refractivity contribution in [3.63, 3.8) is 0 Å². The van der Waals surface area contributed by atoms with Crippen LogP contribution in [0.5, 0.6) is 0 Å². The number of hydrazone groups is 1. The summed E-state index contributed by atoms with van der Waals surface area (Å²) >= 11 is 0. The first-order valence-corrected chi connectivity index (χ1v) is 10.2. The van der Waals surface area contributed by atoms with Gasteiger partial charge >= 0.3 is 0 Å². The molecule has 0 aliphatic rings. The molecular weight excluding hydrogens is 372 g/mol. The van der Waals surface area contributed by atoms with E-state index < -0.39 is 11.5 Å². The number of rotatable bonds is 7. The van der Waals surface area contributed by atoms with Crippen molar-refractivity contribution in [2.75, 3.05) is 0 Å². The van der Waals surface area contributed by atoms with Gasteiger partial charge in [-0.15, -0.1) is 0 Å². The summed E-state index contributed by atoms with van der Waals surface area (Å²) in [7, 11) is 0. The van der Waals surface area contributed by atoms with Gasteiger partial charge in [-0.1, -0.05) is 103 Å². The van der Waals surface area contributed by atoms with Crippen molar-refractivity contribution >= 4 is 11.6 Å². The van der Waals surface area contributed by atoms with E-state index in [9.17, 15) is 9.90 Å². The molecule has 3 aromatic carbocycles. The summed E-state index contributed by atoms with van der Waals surface area (Å²) in [5, 5.41) is 16.0. The molecule has 0 saturated carbocycles. The van der Waals surface area contributed by atoms with Crippen LogP contribution < -0.4 is 5.43 Å². The van der Waals surface area contributed by atoms with Crippen molar-refractivity contribution in [3.8, 4) is 0 Å². The highest BCUT2D eigenvalue weighted by atomic mass is 16.3. The number of nitrogens with zero attached hydrogens (tertiary/aromatic N) is 1. The second-order valence-corrected chi connectivity index (χ2v) is 7.56. The lowest BCUT2D eigenvalue weighted by atomic mass is 9.85. The third-order valence-corrected chi connectivity index (χ3v) is 5.15. The molecule has 30 heavy (non-hydrogen) atoms. The van der Waals surface area contributed by atoms with Crippen molar-refractivity contribution in [2.24, 2.45) is 5.10 Å². The molecule has 0 bridgehead atoms. The summed E-state index contributed by atoms with van der Waals surface area (Å²) in [6.07, 6.45) is 1.61. The van der Waals surface area contributed by atoms with E-state index >= 15 is 0 Å². The number of aryl methyl sites for hydroxylation is 2. The Morgan fingerprint density at radius 1 is 0.867 bits per heavy atom. The van der Waals surface area contributed by atoms with Gasteiger partial charge in [0.1, 0.15) is 0 Å². The maximum absolute atomic E-state index is 13.3. The van der Waals surface area contributed by atoms with E-state index in [1.165, 1.54) is 0 Å². The molecule has 1 amide bonds. The smallest absolute Gasteiger partial charge is 0.281 e. The standard InChI is InChI=1S/C26H28N2O2/c1-4-8-24(21-9-6-5-7-10-21)27-28-25(29)26(30,22-15-11-19(2)12-16-22)23-17-13-20(3)14-18-23/h5-7,9-18,30H,4,8H2,1-3H3,(H,28,29). The maximum Gasteiger partial charge on any atom is 0.281 e. The van der Waals surface area contributed by atoms with Gasteiger partial charge in [0.15, 0.2) is 5.60 Å². The number of benzene rings is 3. The van der Waals surface area contributed by atoms with Gasteiger partial charge in [0.05, 0.1) is 5.71 Å². The number of carbonyl (C=O) groups is 1. The Morgan fingerprint density at radius 3 is 1.83 bits per heavy atom.